The Balaban J connectivity index is 2.58. The highest BCUT2D eigenvalue weighted by Gasteiger charge is 2.28. The summed E-state index contributed by atoms with van der Waals surface area (Å²) in [5.74, 6) is 0.930. The molecule has 0 atom stereocenters. The van der Waals surface area contributed by atoms with Gasteiger partial charge >= 0.3 is 7.82 Å². The first-order valence-electron chi connectivity index (χ1n) is 6.90. The largest absolute Gasteiger partial charge is 0.541 e. The first-order valence-corrected chi connectivity index (χ1v) is 11.8. The molecule has 0 saturated heterocycles. The van der Waals surface area contributed by atoms with E-state index in [1.165, 1.54) is 14.2 Å². The van der Waals surface area contributed by atoms with E-state index in [1.54, 1.807) is 6.07 Å². The summed E-state index contributed by atoms with van der Waals surface area (Å²) in [6, 6.07) is 11.4. The molecule has 0 radical (unpaired) electrons. The molecule has 0 N–H and O–H groups in total. The molecule has 0 amide bonds. The van der Waals surface area contributed by atoms with E-state index in [1.807, 2.05) is 30.3 Å². The van der Waals surface area contributed by atoms with Gasteiger partial charge in [0.05, 0.1) is 0 Å². The van der Waals surface area contributed by atoms with Crippen LogP contribution in [0.4, 0.5) is 0 Å². The minimum Gasteiger partial charge on any atom is -0.541 e. The Kier molecular flexibility index (Phi) is 4.97. The molecule has 0 saturated carbocycles. The smallest absolute Gasteiger partial charge is 0.529 e. The molecule has 120 valence electrons. The average Bonchev–Trinajstić information content (AvgIpc) is 2.48. The van der Waals surface area contributed by atoms with Crippen LogP contribution in [-0.2, 0) is 13.6 Å². The van der Waals surface area contributed by atoms with Gasteiger partial charge in [0.25, 0.3) is 0 Å². The summed E-state index contributed by atoms with van der Waals surface area (Å²) in [6.07, 6.45) is 0. The molecule has 0 spiro atoms. The predicted octanol–water partition coefficient (Wildman–Crippen LogP) is 4.83. The first-order chi connectivity index (χ1) is 10.3. The number of hydrogen-bond donors (Lipinski definition) is 0. The van der Waals surface area contributed by atoms with Crippen molar-refractivity contribution in [2.24, 2.45) is 0 Å². The maximum absolute atomic E-state index is 12.3. The summed E-state index contributed by atoms with van der Waals surface area (Å²) in [5.41, 5.74) is 0. The monoisotopic (exact) mass is 340 g/mol. The molecular formula is C15H21O5PSi. The molecule has 0 aromatic heterocycles. The van der Waals surface area contributed by atoms with Crippen molar-refractivity contribution in [1.29, 1.82) is 0 Å². The number of phosphoric ester groups is 1. The second kappa shape index (κ2) is 6.42. The minimum absolute atomic E-state index is 0.355. The van der Waals surface area contributed by atoms with Gasteiger partial charge in [-0.3, -0.25) is 9.05 Å². The molecule has 2 aromatic rings. The van der Waals surface area contributed by atoms with Crippen LogP contribution in [0.1, 0.15) is 0 Å². The topological polar surface area (TPSA) is 54.0 Å². The summed E-state index contributed by atoms with van der Waals surface area (Å²) in [6.45, 7) is 6.22. The lowest BCUT2D eigenvalue weighted by atomic mass is 10.1. The predicted molar refractivity (Wildman–Crippen MR) is 90.2 cm³/mol. The van der Waals surface area contributed by atoms with Crippen LogP contribution >= 0.6 is 7.82 Å². The van der Waals surface area contributed by atoms with Gasteiger partial charge in [-0.25, -0.2) is 4.57 Å². The molecule has 2 rings (SSSR count). The van der Waals surface area contributed by atoms with Crippen LogP contribution < -0.4 is 8.95 Å². The van der Waals surface area contributed by atoms with Gasteiger partial charge < -0.3 is 8.95 Å². The number of benzene rings is 2. The van der Waals surface area contributed by atoms with Gasteiger partial charge in [0.15, 0.2) is 11.5 Å². The van der Waals surface area contributed by atoms with Crippen molar-refractivity contribution in [3.63, 3.8) is 0 Å². The van der Waals surface area contributed by atoms with Gasteiger partial charge in [-0.1, -0.05) is 30.3 Å². The zero-order valence-electron chi connectivity index (χ0n) is 13.5. The molecule has 0 aliphatic carbocycles. The average molecular weight is 340 g/mol. The van der Waals surface area contributed by atoms with Crippen molar-refractivity contribution in [1.82, 2.24) is 0 Å². The van der Waals surface area contributed by atoms with Crippen LogP contribution in [0.25, 0.3) is 10.8 Å². The maximum Gasteiger partial charge on any atom is 0.529 e. The zero-order chi connectivity index (χ0) is 16.4. The second-order valence-corrected chi connectivity index (χ2v) is 12.0. The molecule has 2 aromatic carbocycles. The fourth-order valence-corrected chi connectivity index (χ4v) is 3.48. The van der Waals surface area contributed by atoms with Crippen molar-refractivity contribution in [3.8, 4) is 11.5 Å². The molecule has 0 bridgehead atoms. The van der Waals surface area contributed by atoms with E-state index in [4.69, 9.17) is 18.0 Å². The molecule has 22 heavy (non-hydrogen) atoms. The van der Waals surface area contributed by atoms with Gasteiger partial charge in [-0.2, -0.15) is 0 Å². The fourth-order valence-electron chi connectivity index (χ4n) is 1.98. The zero-order valence-corrected chi connectivity index (χ0v) is 15.3. The number of rotatable bonds is 6. The van der Waals surface area contributed by atoms with Crippen molar-refractivity contribution in [2.45, 2.75) is 19.6 Å². The number of hydrogen-bond acceptors (Lipinski definition) is 5. The van der Waals surface area contributed by atoms with E-state index in [0.717, 1.165) is 10.8 Å². The van der Waals surface area contributed by atoms with Crippen molar-refractivity contribution >= 4 is 26.9 Å². The van der Waals surface area contributed by atoms with Gasteiger partial charge in [0, 0.05) is 19.6 Å². The summed E-state index contributed by atoms with van der Waals surface area (Å²) in [4.78, 5) is 0. The van der Waals surface area contributed by atoms with E-state index >= 15 is 0 Å². The van der Waals surface area contributed by atoms with E-state index in [2.05, 4.69) is 19.6 Å². The summed E-state index contributed by atoms with van der Waals surface area (Å²) >= 11 is 0. The van der Waals surface area contributed by atoms with E-state index in [-0.39, 0.29) is 0 Å². The van der Waals surface area contributed by atoms with Crippen LogP contribution in [0.15, 0.2) is 36.4 Å². The second-order valence-electron chi connectivity index (χ2n) is 5.73. The molecule has 0 aliphatic rings. The summed E-state index contributed by atoms with van der Waals surface area (Å²) < 4.78 is 33.6. The Bertz CT molecular complexity index is 703. The van der Waals surface area contributed by atoms with Gasteiger partial charge in [0.1, 0.15) is 0 Å². The third-order valence-corrected chi connectivity index (χ3v) is 5.04. The SMILES string of the molecule is COP(=O)(OC)Oc1ccc2ccccc2c1O[Si](C)(C)C. The molecule has 0 aliphatic heterocycles. The normalized spacial score (nSPS) is 12.4. The lowest BCUT2D eigenvalue weighted by Gasteiger charge is -2.24. The maximum atomic E-state index is 12.3. The third-order valence-electron chi connectivity index (χ3n) is 2.91. The van der Waals surface area contributed by atoms with E-state index in [9.17, 15) is 4.57 Å². The highest BCUT2D eigenvalue weighted by molar-refractivity contribution is 7.48. The Morgan fingerprint density at radius 1 is 0.955 bits per heavy atom. The van der Waals surface area contributed by atoms with Crippen LogP contribution in [0.3, 0.4) is 0 Å². The lowest BCUT2D eigenvalue weighted by molar-refractivity contribution is 0.210. The van der Waals surface area contributed by atoms with Gasteiger partial charge in [-0.05, 0) is 31.1 Å². The molecule has 0 heterocycles. The quantitative estimate of drug-likeness (QED) is 0.557. The molecule has 5 nitrogen and oxygen atoms in total. The highest BCUT2D eigenvalue weighted by Crippen LogP contribution is 2.51. The number of fused-ring (bicyclic) bond motifs is 1. The number of phosphoric acid groups is 1. The van der Waals surface area contributed by atoms with Crippen LogP contribution in [0, 0.1) is 0 Å². The third kappa shape index (κ3) is 3.90. The van der Waals surface area contributed by atoms with Crippen LogP contribution in [0.2, 0.25) is 19.6 Å². The molecule has 7 heteroatoms. The lowest BCUT2D eigenvalue weighted by Crippen LogP contribution is -2.29. The van der Waals surface area contributed by atoms with Crippen LogP contribution in [0.5, 0.6) is 11.5 Å². The van der Waals surface area contributed by atoms with Crippen molar-refractivity contribution in [2.75, 3.05) is 14.2 Å². The van der Waals surface area contributed by atoms with E-state index in [0.29, 0.717) is 11.5 Å². The Morgan fingerprint density at radius 2 is 1.59 bits per heavy atom. The highest BCUT2D eigenvalue weighted by atomic mass is 31.2. The Morgan fingerprint density at radius 3 is 2.18 bits per heavy atom. The van der Waals surface area contributed by atoms with Crippen molar-refractivity contribution < 1.29 is 22.6 Å². The van der Waals surface area contributed by atoms with E-state index < -0.39 is 16.1 Å². The molecule has 0 unspecified atom stereocenters. The summed E-state index contributed by atoms with van der Waals surface area (Å²) in [7, 11) is -2.97. The van der Waals surface area contributed by atoms with Gasteiger partial charge in [0.2, 0.25) is 8.32 Å². The first kappa shape index (κ1) is 17.0. The fraction of sp³-hybridized carbons (Fsp3) is 0.333. The molecular weight excluding hydrogens is 319 g/mol. The Hall–Kier alpha value is -1.33. The van der Waals surface area contributed by atoms with Gasteiger partial charge in [-0.15, -0.1) is 0 Å². The summed E-state index contributed by atoms with van der Waals surface area (Å²) in [5, 5.41) is 1.92. The Labute approximate surface area is 131 Å². The van der Waals surface area contributed by atoms with Crippen LogP contribution in [-0.4, -0.2) is 22.5 Å². The minimum atomic E-state index is -3.64. The standard InChI is InChI=1S/C15H21O5PSi/c1-17-21(16,18-2)19-14-11-10-12-8-6-7-9-13(12)15(14)20-22(3,4)5/h6-11H,1-5H3. The molecule has 0 fully saturated rings. The van der Waals surface area contributed by atoms with Crippen molar-refractivity contribution in [3.05, 3.63) is 36.4 Å².